The van der Waals surface area contributed by atoms with E-state index in [1.165, 1.54) is 4.90 Å². The zero-order valence-corrected chi connectivity index (χ0v) is 16.5. The summed E-state index contributed by atoms with van der Waals surface area (Å²) in [6.07, 6.45) is -0.0641. The van der Waals surface area contributed by atoms with Crippen molar-refractivity contribution < 1.29 is 24.5 Å². The number of aliphatic hydroxyl groups is 2. The Hall–Kier alpha value is -2.79. The number of carbonyl (C=O) groups is 2. The summed E-state index contributed by atoms with van der Waals surface area (Å²) in [5.41, 5.74) is -1.26. The van der Waals surface area contributed by atoms with Gasteiger partial charge in [-0.2, -0.15) is 5.26 Å². The third-order valence-electron chi connectivity index (χ3n) is 7.25. The number of nitrogens with zero attached hydrogens (tertiary/aromatic N) is 2. The van der Waals surface area contributed by atoms with Gasteiger partial charge in [0.15, 0.2) is 0 Å². The minimum absolute atomic E-state index is 0.188. The van der Waals surface area contributed by atoms with Crippen LogP contribution in [0.4, 0.5) is 5.69 Å². The van der Waals surface area contributed by atoms with Gasteiger partial charge >= 0.3 is 0 Å². The first-order chi connectivity index (χ1) is 14.4. The van der Waals surface area contributed by atoms with Gasteiger partial charge in [0.2, 0.25) is 11.8 Å². The van der Waals surface area contributed by atoms with Crippen LogP contribution in [-0.2, 0) is 14.3 Å². The summed E-state index contributed by atoms with van der Waals surface area (Å²) in [6, 6.07) is 12.6. The zero-order chi connectivity index (χ0) is 21.3. The molecule has 2 aromatic rings. The van der Waals surface area contributed by atoms with Crippen LogP contribution in [0.3, 0.4) is 0 Å². The van der Waals surface area contributed by atoms with E-state index < -0.39 is 29.1 Å². The third kappa shape index (κ3) is 2.13. The van der Waals surface area contributed by atoms with E-state index in [0.29, 0.717) is 28.4 Å². The normalized spacial score (nSPS) is 34.6. The number of imide groups is 1. The summed E-state index contributed by atoms with van der Waals surface area (Å²) in [4.78, 5) is 28.5. The van der Waals surface area contributed by atoms with E-state index in [1.807, 2.05) is 13.0 Å². The fraction of sp³-hybridized carbons (Fsp3) is 0.435. The summed E-state index contributed by atoms with van der Waals surface area (Å²) < 4.78 is 6.24. The number of carbonyl (C=O) groups excluding carboxylic acids is 2. The Kier molecular flexibility index (Phi) is 4.06. The van der Waals surface area contributed by atoms with Gasteiger partial charge in [-0.25, -0.2) is 4.90 Å². The van der Waals surface area contributed by atoms with E-state index in [4.69, 9.17) is 4.74 Å². The molecule has 7 heteroatoms. The Bertz CT molecular complexity index is 1120. The predicted octanol–water partition coefficient (Wildman–Crippen LogP) is 1.88. The van der Waals surface area contributed by atoms with Crippen molar-refractivity contribution >= 4 is 28.3 Å². The van der Waals surface area contributed by atoms with Crippen LogP contribution in [0.25, 0.3) is 10.8 Å². The Balaban J connectivity index is 1.68. The van der Waals surface area contributed by atoms with E-state index in [2.05, 4.69) is 6.07 Å². The molecule has 3 heterocycles. The van der Waals surface area contributed by atoms with Gasteiger partial charge in [0.05, 0.1) is 40.9 Å². The van der Waals surface area contributed by atoms with E-state index in [0.717, 1.165) is 0 Å². The number of anilines is 1. The van der Waals surface area contributed by atoms with Crippen LogP contribution in [0.15, 0.2) is 36.4 Å². The number of hydrogen-bond acceptors (Lipinski definition) is 6. The maximum atomic E-state index is 13.6. The van der Waals surface area contributed by atoms with Crippen LogP contribution in [0.2, 0.25) is 0 Å². The number of benzene rings is 2. The van der Waals surface area contributed by atoms with E-state index >= 15 is 0 Å². The van der Waals surface area contributed by atoms with Crippen LogP contribution in [-0.4, -0.2) is 45.9 Å². The lowest BCUT2D eigenvalue weighted by Gasteiger charge is -2.34. The molecular weight excluding hydrogens is 384 g/mol. The number of amides is 2. The maximum Gasteiger partial charge on any atom is 0.240 e. The summed E-state index contributed by atoms with van der Waals surface area (Å²) in [5, 5.41) is 31.2. The van der Waals surface area contributed by atoms with Crippen molar-refractivity contribution in [2.45, 2.75) is 43.5 Å². The van der Waals surface area contributed by atoms with Crippen LogP contribution in [0.1, 0.15) is 31.7 Å². The molecule has 5 rings (SSSR count). The molecule has 0 saturated carbocycles. The van der Waals surface area contributed by atoms with E-state index in [-0.39, 0.29) is 31.3 Å². The average molecular weight is 406 g/mol. The van der Waals surface area contributed by atoms with E-state index in [1.54, 1.807) is 30.3 Å². The molecule has 2 aromatic carbocycles. The Labute approximate surface area is 173 Å². The quantitative estimate of drug-likeness (QED) is 0.750. The molecule has 0 unspecified atom stereocenters. The molecule has 2 N–H and O–H groups in total. The first-order valence-electron chi connectivity index (χ1n) is 10.2. The first-order valence-corrected chi connectivity index (χ1v) is 10.2. The topological polar surface area (TPSA) is 111 Å². The minimum atomic E-state index is -1.12. The summed E-state index contributed by atoms with van der Waals surface area (Å²) in [6.45, 7) is 1.65. The van der Waals surface area contributed by atoms with Gasteiger partial charge in [0.25, 0.3) is 0 Å². The maximum absolute atomic E-state index is 13.6. The molecule has 7 nitrogen and oxygen atoms in total. The highest BCUT2D eigenvalue weighted by Gasteiger charge is 2.77. The van der Waals surface area contributed by atoms with Crippen molar-refractivity contribution in [3.05, 3.63) is 42.0 Å². The van der Waals surface area contributed by atoms with Crippen LogP contribution in [0, 0.1) is 23.2 Å². The van der Waals surface area contributed by atoms with Crippen LogP contribution < -0.4 is 4.90 Å². The zero-order valence-electron chi connectivity index (χ0n) is 16.5. The number of ether oxygens (including phenoxy) is 1. The van der Waals surface area contributed by atoms with Gasteiger partial charge in [-0.1, -0.05) is 31.2 Å². The third-order valence-corrected chi connectivity index (χ3v) is 7.25. The predicted molar refractivity (Wildman–Crippen MR) is 107 cm³/mol. The Morgan fingerprint density at radius 2 is 1.87 bits per heavy atom. The fourth-order valence-electron chi connectivity index (χ4n) is 5.98. The lowest BCUT2D eigenvalue weighted by atomic mass is 9.64. The number of aliphatic hydroxyl groups excluding tert-OH is 2. The highest BCUT2D eigenvalue weighted by Crippen LogP contribution is 2.63. The summed E-state index contributed by atoms with van der Waals surface area (Å²) in [7, 11) is 0. The molecule has 0 aliphatic carbocycles. The highest BCUT2D eigenvalue weighted by molar-refractivity contribution is 6.26. The molecule has 3 fully saturated rings. The minimum Gasteiger partial charge on any atom is -0.396 e. The lowest BCUT2D eigenvalue weighted by Crippen LogP contribution is -2.51. The van der Waals surface area contributed by atoms with Crippen molar-refractivity contribution in [1.82, 2.24) is 0 Å². The number of nitriles is 1. The molecular formula is C23H22N2O5. The summed E-state index contributed by atoms with van der Waals surface area (Å²) >= 11 is 0. The first kappa shape index (κ1) is 19.2. The van der Waals surface area contributed by atoms with Crippen LogP contribution in [0.5, 0.6) is 0 Å². The van der Waals surface area contributed by atoms with Crippen molar-refractivity contribution in [3.8, 4) is 6.07 Å². The smallest absolute Gasteiger partial charge is 0.240 e. The average Bonchev–Trinajstić information content (AvgIpc) is 3.31. The number of fused-ring (bicyclic) bond motifs is 6. The molecule has 2 bridgehead atoms. The van der Waals surface area contributed by atoms with Crippen LogP contribution >= 0.6 is 0 Å². The van der Waals surface area contributed by atoms with Gasteiger partial charge in [0, 0.05) is 30.2 Å². The molecule has 3 aliphatic heterocycles. The summed E-state index contributed by atoms with van der Waals surface area (Å²) in [5.74, 6) is -2.29. The van der Waals surface area contributed by atoms with Crippen molar-refractivity contribution in [1.29, 1.82) is 5.26 Å². The van der Waals surface area contributed by atoms with Crippen molar-refractivity contribution in [2.24, 2.45) is 11.8 Å². The van der Waals surface area contributed by atoms with E-state index in [9.17, 15) is 25.1 Å². The van der Waals surface area contributed by atoms with Gasteiger partial charge in [0.1, 0.15) is 5.60 Å². The monoisotopic (exact) mass is 406 g/mol. The molecule has 2 amide bonds. The van der Waals surface area contributed by atoms with Gasteiger partial charge in [-0.15, -0.1) is 0 Å². The van der Waals surface area contributed by atoms with Gasteiger partial charge in [-0.3, -0.25) is 9.59 Å². The largest absolute Gasteiger partial charge is 0.396 e. The Morgan fingerprint density at radius 1 is 1.17 bits per heavy atom. The Morgan fingerprint density at radius 3 is 2.53 bits per heavy atom. The molecule has 0 aromatic heterocycles. The molecule has 154 valence electrons. The molecule has 0 radical (unpaired) electrons. The standard InChI is InChI=1S/C23H22N2O5/c1-2-23-17(27)11-22(30-23,9-10-26)18-19(23)21(29)25(20(18)28)16-8-7-13(12-24)14-5-3-4-6-15(14)16/h3-8,17-19,26-27H,2,9-11H2,1H3/t17-,18+,19-,22+,23-/m1/s1. The van der Waals surface area contributed by atoms with Crippen molar-refractivity contribution in [2.75, 3.05) is 11.5 Å². The van der Waals surface area contributed by atoms with Gasteiger partial charge in [-0.05, 0) is 18.6 Å². The second-order valence-corrected chi connectivity index (χ2v) is 8.43. The molecule has 30 heavy (non-hydrogen) atoms. The van der Waals surface area contributed by atoms with Crippen molar-refractivity contribution in [3.63, 3.8) is 0 Å². The molecule has 3 aliphatic rings. The molecule has 5 atom stereocenters. The lowest BCUT2D eigenvalue weighted by molar-refractivity contribution is -0.137. The molecule has 0 spiro atoms. The van der Waals surface area contributed by atoms with Gasteiger partial charge < -0.3 is 14.9 Å². The number of hydrogen-bond donors (Lipinski definition) is 2. The second kappa shape index (κ2) is 6.35. The second-order valence-electron chi connectivity index (χ2n) is 8.43. The number of rotatable bonds is 4. The molecule has 3 saturated heterocycles. The fourth-order valence-corrected chi connectivity index (χ4v) is 5.98. The highest BCUT2D eigenvalue weighted by atomic mass is 16.6. The SMILES string of the molecule is CC[C@@]12O[C@@](CCO)(C[C@H]1O)[C@@H]1C(=O)N(c3ccc(C#N)c4ccccc34)C(=O)[C@@H]12.